The molecule has 1 saturated heterocycles. The third kappa shape index (κ3) is 4.19. The number of fused-ring (bicyclic) bond motifs is 1. The first-order valence-corrected chi connectivity index (χ1v) is 10.5. The molecule has 0 bridgehead atoms. The minimum Gasteiger partial charge on any atom is -0.452 e. The first-order chi connectivity index (χ1) is 15.3. The second-order valence-electron chi connectivity index (χ2n) is 8.16. The van der Waals surface area contributed by atoms with E-state index in [9.17, 15) is 19.2 Å². The van der Waals surface area contributed by atoms with Gasteiger partial charge in [-0.3, -0.25) is 19.3 Å². The fraction of sp³-hybridized carbons (Fsp3) is 0.280. The lowest BCUT2D eigenvalue weighted by molar-refractivity contribution is -0.122. The first-order valence-electron chi connectivity index (χ1n) is 10.5. The molecule has 1 aliphatic carbocycles. The molecule has 1 N–H and O–H groups in total. The number of carbonyl (C=O) groups is 4. The number of rotatable bonds is 5. The van der Waals surface area contributed by atoms with Crippen molar-refractivity contribution in [3.63, 3.8) is 0 Å². The molecule has 0 radical (unpaired) electrons. The minimum atomic E-state index is -0.663. The predicted molar refractivity (Wildman–Crippen MR) is 119 cm³/mol. The SMILES string of the molecule is Cc1ccc(NC(=O)COC(=O)c2ccc(N3C(=O)[C@H]4CC=CC[C@@H]4C3=O)cc2)c(C)c1. The van der Waals surface area contributed by atoms with E-state index in [2.05, 4.69) is 5.32 Å². The fourth-order valence-electron chi connectivity index (χ4n) is 4.16. The number of carbonyl (C=O) groups excluding carboxylic acids is 4. The molecule has 1 aliphatic heterocycles. The molecule has 3 amide bonds. The molecule has 0 unspecified atom stereocenters. The van der Waals surface area contributed by atoms with Crippen molar-refractivity contribution in [2.24, 2.45) is 11.8 Å². The highest BCUT2D eigenvalue weighted by Gasteiger charge is 2.47. The Bertz CT molecular complexity index is 1090. The second-order valence-corrected chi connectivity index (χ2v) is 8.16. The van der Waals surface area contributed by atoms with Gasteiger partial charge in [-0.05, 0) is 62.6 Å². The molecular weight excluding hydrogens is 408 g/mol. The largest absolute Gasteiger partial charge is 0.452 e. The van der Waals surface area contributed by atoms with Crippen LogP contribution < -0.4 is 10.2 Å². The van der Waals surface area contributed by atoms with Crippen molar-refractivity contribution in [1.29, 1.82) is 0 Å². The van der Waals surface area contributed by atoms with Crippen LogP contribution in [0, 0.1) is 25.7 Å². The van der Waals surface area contributed by atoms with Crippen molar-refractivity contribution in [3.05, 3.63) is 71.3 Å². The van der Waals surface area contributed by atoms with Crippen LogP contribution in [0.1, 0.15) is 34.3 Å². The topological polar surface area (TPSA) is 92.8 Å². The summed E-state index contributed by atoms with van der Waals surface area (Å²) in [5.74, 6) is -2.14. The van der Waals surface area contributed by atoms with Crippen molar-refractivity contribution in [2.75, 3.05) is 16.8 Å². The molecule has 0 saturated carbocycles. The number of nitrogens with zero attached hydrogens (tertiary/aromatic N) is 1. The Labute approximate surface area is 186 Å². The van der Waals surface area contributed by atoms with Crippen molar-refractivity contribution < 1.29 is 23.9 Å². The zero-order chi connectivity index (χ0) is 22.8. The van der Waals surface area contributed by atoms with Crippen LogP contribution in [0.2, 0.25) is 0 Å². The number of hydrogen-bond donors (Lipinski definition) is 1. The van der Waals surface area contributed by atoms with Crippen molar-refractivity contribution in [2.45, 2.75) is 26.7 Å². The maximum absolute atomic E-state index is 12.7. The molecule has 7 heteroatoms. The van der Waals surface area contributed by atoms with E-state index in [1.165, 1.54) is 17.0 Å². The number of aryl methyl sites for hydroxylation is 2. The lowest BCUT2D eigenvalue weighted by atomic mass is 9.85. The molecule has 1 heterocycles. The summed E-state index contributed by atoms with van der Waals surface area (Å²) >= 11 is 0. The van der Waals surface area contributed by atoms with Gasteiger partial charge in [0.2, 0.25) is 11.8 Å². The molecule has 2 atom stereocenters. The minimum absolute atomic E-state index is 0.206. The van der Waals surface area contributed by atoms with Gasteiger partial charge >= 0.3 is 5.97 Å². The first kappa shape index (κ1) is 21.5. The lowest BCUT2D eigenvalue weighted by Gasteiger charge is -2.15. The zero-order valence-electron chi connectivity index (χ0n) is 18.0. The summed E-state index contributed by atoms with van der Waals surface area (Å²) in [5, 5.41) is 2.72. The standard InChI is InChI=1S/C25H24N2O5/c1-15-7-12-21(16(2)13-15)26-22(28)14-32-25(31)17-8-10-18(11-9-17)27-23(29)19-5-3-4-6-20(19)24(27)30/h3-4,7-13,19-20H,5-6,14H2,1-2H3,(H,26,28)/t19-,20-/m0/s1. The Balaban J connectivity index is 1.36. The third-order valence-electron chi connectivity index (χ3n) is 5.86. The summed E-state index contributed by atoms with van der Waals surface area (Å²) < 4.78 is 5.10. The van der Waals surface area contributed by atoms with Crippen molar-refractivity contribution in [3.8, 4) is 0 Å². The van der Waals surface area contributed by atoms with Crippen LogP contribution in [0.25, 0.3) is 0 Å². The van der Waals surface area contributed by atoms with Gasteiger partial charge in [0.1, 0.15) is 0 Å². The van der Waals surface area contributed by atoms with Crippen molar-refractivity contribution in [1.82, 2.24) is 0 Å². The van der Waals surface area contributed by atoms with E-state index in [0.717, 1.165) is 11.1 Å². The molecule has 2 aromatic rings. The summed E-state index contributed by atoms with van der Waals surface area (Å²) in [5.41, 5.74) is 3.33. The van der Waals surface area contributed by atoms with Crippen LogP contribution in [0.5, 0.6) is 0 Å². The zero-order valence-corrected chi connectivity index (χ0v) is 18.0. The number of nitrogens with one attached hydrogen (secondary N) is 1. The molecule has 7 nitrogen and oxygen atoms in total. The summed E-state index contributed by atoms with van der Waals surface area (Å²) in [4.78, 5) is 51.0. The number of esters is 1. The number of benzene rings is 2. The molecule has 1 fully saturated rings. The van der Waals surface area contributed by atoms with Gasteiger partial charge in [0, 0.05) is 5.69 Å². The molecular formula is C25H24N2O5. The second kappa shape index (κ2) is 8.78. The number of imide groups is 1. The summed E-state index contributed by atoms with van der Waals surface area (Å²) in [6, 6.07) is 11.7. The number of allylic oxidation sites excluding steroid dienone is 2. The van der Waals surface area contributed by atoms with E-state index in [1.54, 1.807) is 18.2 Å². The average molecular weight is 432 g/mol. The van der Waals surface area contributed by atoms with Gasteiger partial charge in [0.15, 0.2) is 6.61 Å². The van der Waals surface area contributed by atoms with E-state index in [0.29, 0.717) is 24.2 Å². The van der Waals surface area contributed by atoms with E-state index in [1.807, 2.05) is 38.1 Å². The third-order valence-corrected chi connectivity index (χ3v) is 5.86. The van der Waals surface area contributed by atoms with Crippen LogP contribution in [-0.2, 0) is 19.1 Å². The Hall–Kier alpha value is -3.74. The lowest BCUT2D eigenvalue weighted by Crippen LogP contribution is -2.30. The number of hydrogen-bond acceptors (Lipinski definition) is 5. The Morgan fingerprint density at radius 3 is 2.19 bits per heavy atom. The number of anilines is 2. The van der Waals surface area contributed by atoms with Gasteiger partial charge in [0.05, 0.1) is 23.1 Å². The van der Waals surface area contributed by atoms with Gasteiger partial charge in [-0.1, -0.05) is 29.8 Å². The monoisotopic (exact) mass is 432 g/mol. The van der Waals surface area contributed by atoms with Gasteiger partial charge in [-0.2, -0.15) is 0 Å². The van der Waals surface area contributed by atoms with Gasteiger partial charge in [0.25, 0.3) is 5.91 Å². The molecule has 2 aromatic carbocycles. The molecule has 0 spiro atoms. The smallest absolute Gasteiger partial charge is 0.338 e. The molecule has 32 heavy (non-hydrogen) atoms. The predicted octanol–water partition coefficient (Wildman–Crippen LogP) is 3.55. The van der Waals surface area contributed by atoms with Gasteiger partial charge < -0.3 is 10.1 Å². The number of ether oxygens (including phenoxy) is 1. The Kier molecular flexibility index (Phi) is 5.90. The van der Waals surface area contributed by atoms with Crippen LogP contribution in [0.15, 0.2) is 54.6 Å². The highest BCUT2D eigenvalue weighted by atomic mass is 16.5. The van der Waals surface area contributed by atoms with Crippen LogP contribution in [0.4, 0.5) is 11.4 Å². The van der Waals surface area contributed by atoms with E-state index < -0.39 is 18.5 Å². The van der Waals surface area contributed by atoms with E-state index in [-0.39, 0.29) is 29.2 Å². The fourth-order valence-corrected chi connectivity index (χ4v) is 4.16. The van der Waals surface area contributed by atoms with Gasteiger partial charge in [-0.15, -0.1) is 0 Å². The Morgan fingerprint density at radius 1 is 0.969 bits per heavy atom. The highest BCUT2D eigenvalue weighted by molar-refractivity contribution is 6.22. The quantitative estimate of drug-likeness (QED) is 0.443. The summed E-state index contributed by atoms with van der Waals surface area (Å²) in [6.45, 7) is 3.43. The molecule has 4 rings (SSSR count). The normalized spacial score (nSPS) is 19.6. The summed E-state index contributed by atoms with van der Waals surface area (Å²) in [7, 11) is 0. The number of amides is 3. The van der Waals surface area contributed by atoms with Crippen molar-refractivity contribution >= 4 is 35.1 Å². The van der Waals surface area contributed by atoms with Gasteiger partial charge in [-0.25, -0.2) is 4.79 Å². The molecule has 0 aromatic heterocycles. The summed E-state index contributed by atoms with van der Waals surface area (Å²) in [6.07, 6.45) is 5.01. The van der Waals surface area contributed by atoms with Crippen LogP contribution >= 0.6 is 0 Å². The van der Waals surface area contributed by atoms with Crippen LogP contribution in [-0.4, -0.2) is 30.3 Å². The Morgan fingerprint density at radius 2 is 1.59 bits per heavy atom. The van der Waals surface area contributed by atoms with E-state index in [4.69, 9.17) is 4.74 Å². The maximum atomic E-state index is 12.7. The maximum Gasteiger partial charge on any atom is 0.338 e. The average Bonchev–Trinajstić information content (AvgIpc) is 3.04. The van der Waals surface area contributed by atoms with Crippen LogP contribution in [0.3, 0.4) is 0 Å². The van der Waals surface area contributed by atoms with E-state index >= 15 is 0 Å². The molecule has 2 aliphatic rings. The molecule has 164 valence electrons. The highest BCUT2D eigenvalue weighted by Crippen LogP contribution is 2.37.